The van der Waals surface area contributed by atoms with Crippen molar-refractivity contribution >= 4 is 0 Å². The van der Waals surface area contributed by atoms with Crippen LogP contribution >= 0.6 is 0 Å². The Morgan fingerprint density at radius 3 is 2.38 bits per heavy atom. The van der Waals surface area contributed by atoms with Crippen molar-refractivity contribution in [1.29, 1.82) is 0 Å². The van der Waals surface area contributed by atoms with Gasteiger partial charge in [0.25, 0.3) is 0 Å². The summed E-state index contributed by atoms with van der Waals surface area (Å²) in [5, 5.41) is 3.39. The van der Waals surface area contributed by atoms with Crippen LogP contribution in [0.3, 0.4) is 0 Å². The third-order valence-electron chi connectivity index (χ3n) is 3.66. The molecule has 0 saturated heterocycles. The molecule has 0 spiro atoms. The van der Waals surface area contributed by atoms with Crippen molar-refractivity contribution in [2.75, 3.05) is 13.1 Å². The number of hydrogen-bond donors (Lipinski definition) is 1. The molecule has 1 atom stereocenters. The van der Waals surface area contributed by atoms with Crippen molar-refractivity contribution in [3.8, 4) is 11.5 Å². The summed E-state index contributed by atoms with van der Waals surface area (Å²) in [6, 6.07) is 4.01. The first-order chi connectivity index (χ1) is 10.0. The lowest BCUT2D eigenvalue weighted by atomic mass is 9.98. The van der Waals surface area contributed by atoms with E-state index < -0.39 is 0 Å². The Labute approximate surface area is 127 Å². The normalized spacial score (nSPS) is 12.4. The summed E-state index contributed by atoms with van der Waals surface area (Å²) in [6.45, 7) is 12.4. The van der Waals surface area contributed by atoms with Crippen molar-refractivity contribution in [1.82, 2.24) is 20.3 Å². The van der Waals surface area contributed by atoms with Crippen LogP contribution < -0.4 is 5.32 Å². The smallest absolute Gasteiger partial charge is 0.178 e. The SMILES string of the molecule is CCNCC(C)c1c(C)nc(-c2cc(C)ccn2)nc1C. The molecule has 2 aromatic heterocycles. The van der Waals surface area contributed by atoms with Gasteiger partial charge in [0, 0.05) is 24.1 Å². The van der Waals surface area contributed by atoms with Gasteiger partial charge in [-0.15, -0.1) is 0 Å². The topological polar surface area (TPSA) is 50.7 Å². The van der Waals surface area contributed by atoms with Gasteiger partial charge in [0.2, 0.25) is 0 Å². The van der Waals surface area contributed by atoms with Crippen molar-refractivity contribution in [3.05, 3.63) is 40.8 Å². The molecule has 2 heterocycles. The molecule has 0 radical (unpaired) electrons. The highest BCUT2D eigenvalue weighted by Crippen LogP contribution is 2.23. The standard InChI is InChI=1S/C17H24N4/c1-6-18-10-12(3)16-13(4)20-17(21-14(16)5)15-9-11(2)7-8-19-15/h7-9,12,18H,6,10H2,1-5H3. The molecule has 4 heteroatoms. The molecular formula is C17H24N4. The van der Waals surface area contributed by atoms with Gasteiger partial charge in [-0.05, 0) is 56.5 Å². The summed E-state index contributed by atoms with van der Waals surface area (Å²) < 4.78 is 0. The Morgan fingerprint density at radius 1 is 1.14 bits per heavy atom. The van der Waals surface area contributed by atoms with Gasteiger partial charge >= 0.3 is 0 Å². The molecule has 0 aliphatic rings. The van der Waals surface area contributed by atoms with E-state index in [1.165, 1.54) is 11.1 Å². The fourth-order valence-corrected chi connectivity index (χ4v) is 2.67. The van der Waals surface area contributed by atoms with E-state index in [2.05, 4.69) is 54.9 Å². The van der Waals surface area contributed by atoms with Crippen LogP contribution in [0.5, 0.6) is 0 Å². The van der Waals surface area contributed by atoms with E-state index in [1.54, 1.807) is 6.20 Å². The number of pyridine rings is 1. The Bertz CT molecular complexity index is 599. The van der Waals surface area contributed by atoms with E-state index in [1.807, 2.05) is 12.1 Å². The van der Waals surface area contributed by atoms with Crippen LogP contribution in [-0.4, -0.2) is 28.0 Å². The van der Waals surface area contributed by atoms with E-state index in [0.717, 1.165) is 30.2 Å². The lowest BCUT2D eigenvalue weighted by Gasteiger charge is -2.17. The Kier molecular flexibility index (Phi) is 5.02. The average Bonchev–Trinajstić information content (AvgIpc) is 2.44. The zero-order valence-corrected chi connectivity index (χ0v) is 13.6. The molecule has 0 aliphatic heterocycles. The molecule has 2 aromatic rings. The van der Waals surface area contributed by atoms with Crippen molar-refractivity contribution in [3.63, 3.8) is 0 Å². The highest BCUT2D eigenvalue weighted by molar-refractivity contribution is 5.51. The second-order valence-electron chi connectivity index (χ2n) is 5.56. The Morgan fingerprint density at radius 2 is 1.81 bits per heavy atom. The van der Waals surface area contributed by atoms with Gasteiger partial charge in [-0.25, -0.2) is 9.97 Å². The molecule has 0 aliphatic carbocycles. The lowest BCUT2D eigenvalue weighted by Crippen LogP contribution is -2.21. The first kappa shape index (κ1) is 15.6. The van der Waals surface area contributed by atoms with Crippen molar-refractivity contribution in [2.24, 2.45) is 0 Å². The van der Waals surface area contributed by atoms with Crippen LogP contribution in [0.2, 0.25) is 0 Å². The van der Waals surface area contributed by atoms with E-state index in [-0.39, 0.29) is 0 Å². The van der Waals surface area contributed by atoms with Gasteiger partial charge in [0.05, 0.1) is 0 Å². The van der Waals surface area contributed by atoms with Gasteiger partial charge in [0.1, 0.15) is 5.69 Å². The number of rotatable bonds is 5. The Balaban J connectivity index is 2.37. The third-order valence-corrected chi connectivity index (χ3v) is 3.66. The zero-order chi connectivity index (χ0) is 15.4. The Hall–Kier alpha value is -1.81. The van der Waals surface area contributed by atoms with Crippen LogP contribution in [-0.2, 0) is 0 Å². The van der Waals surface area contributed by atoms with Crippen molar-refractivity contribution in [2.45, 2.75) is 40.5 Å². The van der Waals surface area contributed by atoms with Gasteiger partial charge in [-0.3, -0.25) is 4.98 Å². The lowest BCUT2D eigenvalue weighted by molar-refractivity contribution is 0.624. The second kappa shape index (κ2) is 6.76. The summed E-state index contributed by atoms with van der Waals surface area (Å²) in [7, 11) is 0. The first-order valence-electron chi connectivity index (χ1n) is 7.51. The summed E-state index contributed by atoms with van der Waals surface area (Å²) in [5.74, 6) is 1.12. The minimum absolute atomic E-state index is 0.407. The largest absolute Gasteiger partial charge is 0.316 e. The van der Waals surface area contributed by atoms with E-state index >= 15 is 0 Å². The number of nitrogens with one attached hydrogen (secondary N) is 1. The number of aromatic nitrogens is 3. The minimum Gasteiger partial charge on any atom is -0.316 e. The predicted octanol–water partition coefficient (Wildman–Crippen LogP) is 3.18. The third kappa shape index (κ3) is 3.64. The molecular weight excluding hydrogens is 260 g/mol. The molecule has 0 amide bonds. The summed E-state index contributed by atoms with van der Waals surface area (Å²) in [6.07, 6.45) is 1.81. The number of aryl methyl sites for hydroxylation is 3. The van der Waals surface area contributed by atoms with Gasteiger partial charge in [-0.2, -0.15) is 0 Å². The maximum Gasteiger partial charge on any atom is 0.178 e. The van der Waals surface area contributed by atoms with E-state index in [4.69, 9.17) is 0 Å². The van der Waals surface area contributed by atoms with E-state index in [0.29, 0.717) is 11.7 Å². The summed E-state index contributed by atoms with van der Waals surface area (Å²) in [5.41, 5.74) is 5.35. The predicted molar refractivity (Wildman–Crippen MR) is 86.4 cm³/mol. The molecule has 4 nitrogen and oxygen atoms in total. The van der Waals surface area contributed by atoms with Gasteiger partial charge in [-0.1, -0.05) is 13.8 Å². The van der Waals surface area contributed by atoms with Crippen LogP contribution in [0.25, 0.3) is 11.5 Å². The van der Waals surface area contributed by atoms with Gasteiger partial charge < -0.3 is 5.32 Å². The number of likely N-dealkylation sites (N-methyl/N-ethyl adjacent to an activating group) is 1. The van der Waals surface area contributed by atoms with Crippen LogP contribution in [0, 0.1) is 20.8 Å². The maximum absolute atomic E-state index is 4.67. The fourth-order valence-electron chi connectivity index (χ4n) is 2.67. The molecule has 0 aromatic carbocycles. The van der Waals surface area contributed by atoms with Crippen LogP contribution in [0.4, 0.5) is 0 Å². The maximum atomic E-state index is 4.67. The highest BCUT2D eigenvalue weighted by Gasteiger charge is 2.16. The average molecular weight is 284 g/mol. The molecule has 21 heavy (non-hydrogen) atoms. The number of hydrogen-bond acceptors (Lipinski definition) is 4. The highest BCUT2D eigenvalue weighted by atomic mass is 14.9. The van der Waals surface area contributed by atoms with Crippen LogP contribution in [0.1, 0.15) is 42.3 Å². The van der Waals surface area contributed by atoms with Crippen molar-refractivity contribution < 1.29 is 0 Å². The molecule has 0 bridgehead atoms. The van der Waals surface area contributed by atoms with E-state index in [9.17, 15) is 0 Å². The molecule has 0 fully saturated rings. The molecule has 112 valence electrons. The first-order valence-corrected chi connectivity index (χ1v) is 7.51. The molecule has 1 N–H and O–H groups in total. The number of nitrogens with zero attached hydrogens (tertiary/aromatic N) is 3. The molecule has 1 unspecified atom stereocenters. The zero-order valence-electron chi connectivity index (χ0n) is 13.6. The fraction of sp³-hybridized carbons (Fsp3) is 0.471. The summed E-state index contributed by atoms with van der Waals surface area (Å²) in [4.78, 5) is 13.7. The molecule has 0 saturated carbocycles. The molecule has 2 rings (SSSR count). The minimum atomic E-state index is 0.407. The quantitative estimate of drug-likeness (QED) is 0.916. The monoisotopic (exact) mass is 284 g/mol. The van der Waals surface area contributed by atoms with Crippen LogP contribution in [0.15, 0.2) is 18.3 Å². The summed E-state index contributed by atoms with van der Waals surface area (Å²) >= 11 is 0. The second-order valence-corrected chi connectivity index (χ2v) is 5.56. The van der Waals surface area contributed by atoms with Gasteiger partial charge in [0.15, 0.2) is 5.82 Å².